The van der Waals surface area contributed by atoms with Crippen molar-refractivity contribution in [3.8, 4) is 0 Å². The Labute approximate surface area is 173 Å². The van der Waals surface area contributed by atoms with Gasteiger partial charge in [-0.1, -0.05) is 18.2 Å². The number of hydrogen-bond acceptors (Lipinski definition) is 5. The van der Waals surface area contributed by atoms with Crippen LogP contribution in [0.25, 0.3) is 0 Å². The van der Waals surface area contributed by atoms with Gasteiger partial charge in [-0.3, -0.25) is 4.99 Å². The standard InChI is InChI=1S/C19H31N5O2S2/c1-20-19(22-15-17-7-5-13-27-17)21-14-16-6-3-4-8-18(16)28(25,26)24-11-9-23(2)10-12-24/h3-4,6,8,17H,5,7,9-15H2,1-2H3,(H2,20,21,22). The van der Waals surface area contributed by atoms with Crippen LogP contribution in [-0.4, -0.2) is 81.4 Å². The Hall–Kier alpha value is -1.29. The average Bonchev–Trinajstić information content (AvgIpc) is 3.22. The molecule has 1 unspecified atom stereocenters. The van der Waals surface area contributed by atoms with E-state index in [1.807, 2.05) is 30.9 Å². The van der Waals surface area contributed by atoms with E-state index in [1.165, 1.54) is 18.6 Å². The van der Waals surface area contributed by atoms with E-state index in [2.05, 4.69) is 20.5 Å². The van der Waals surface area contributed by atoms with Gasteiger partial charge in [0.1, 0.15) is 0 Å². The number of likely N-dealkylation sites (N-methyl/N-ethyl adjacent to an activating group) is 1. The summed E-state index contributed by atoms with van der Waals surface area (Å²) >= 11 is 2.00. The third-order valence-electron chi connectivity index (χ3n) is 5.24. The minimum atomic E-state index is -3.49. The third kappa shape index (κ3) is 5.40. The van der Waals surface area contributed by atoms with Crippen LogP contribution in [0.5, 0.6) is 0 Å². The number of benzene rings is 1. The van der Waals surface area contributed by atoms with Crippen LogP contribution >= 0.6 is 11.8 Å². The Bertz CT molecular complexity index is 770. The lowest BCUT2D eigenvalue weighted by Gasteiger charge is -2.32. The number of hydrogen-bond donors (Lipinski definition) is 2. The second-order valence-electron chi connectivity index (χ2n) is 7.26. The zero-order chi connectivity index (χ0) is 20.0. The summed E-state index contributed by atoms with van der Waals surface area (Å²) < 4.78 is 27.9. The summed E-state index contributed by atoms with van der Waals surface area (Å²) in [6.07, 6.45) is 2.52. The largest absolute Gasteiger partial charge is 0.355 e. The Morgan fingerprint density at radius 2 is 1.96 bits per heavy atom. The van der Waals surface area contributed by atoms with E-state index in [1.54, 1.807) is 23.5 Å². The molecule has 2 aliphatic rings. The fraction of sp³-hybridized carbons (Fsp3) is 0.632. The first-order valence-corrected chi connectivity index (χ1v) is 12.3. The molecule has 0 bridgehead atoms. The van der Waals surface area contributed by atoms with Gasteiger partial charge in [0, 0.05) is 51.6 Å². The zero-order valence-corrected chi connectivity index (χ0v) is 18.4. The minimum Gasteiger partial charge on any atom is -0.355 e. The molecule has 7 nitrogen and oxygen atoms in total. The second-order valence-corrected chi connectivity index (χ2v) is 10.6. The van der Waals surface area contributed by atoms with Crippen molar-refractivity contribution in [2.24, 2.45) is 4.99 Å². The van der Waals surface area contributed by atoms with Crippen molar-refractivity contribution in [1.29, 1.82) is 0 Å². The maximum absolute atomic E-state index is 13.2. The summed E-state index contributed by atoms with van der Waals surface area (Å²) in [5.74, 6) is 1.94. The number of nitrogens with zero attached hydrogens (tertiary/aromatic N) is 3. The van der Waals surface area contributed by atoms with Crippen molar-refractivity contribution in [2.45, 2.75) is 29.5 Å². The van der Waals surface area contributed by atoms with Gasteiger partial charge in [-0.2, -0.15) is 16.1 Å². The van der Waals surface area contributed by atoms with Gasteiger partial charge in [0.25, 0.3) is 0 Å². The van der Waals surface area contributed by atoms with Crippen LogP contribution in [0.3, 0.4) is 0 Å². The van der Waals surface area contributed by atoms with Gasteiger partial charge >= 0.3 is 0 Å². The van der Waals surface area contributed by atoms with Crippen molar-refractivity contribution in [3.05, 3.63) is 29.8 Å². The van der Waals surface area contributed by atoms with Gasteiger partial charge < -0.3 is 15.5 Å². The van der Waals surface area contributed by atoms with Crippen molar-refractivity contribution in [2.75, 3.05) is 52.6 Å². The summed E-state index contributed by atoms with van der Waals surface area (Å²) in [6.45, 7) is 3.88. The quantitative estimate of drug-likeness (QED) is 0.527. The lowest BCUT2D eigenvalue weighted by Crippen LogP contribution is -2.47. The van der Waals surface area contributed by atoms with Crippen LogP contribution in [0, 0.1) is 0 Å². The maximum atomic E-state index is 13.2. The van der Waals surface area contributed by atoms with Gasteiger partial charge in [-0.05, 0) is 37.3 Å². The van der Waals surface area contributed by atoms with Gasteiger partial charge in [-0.25, -0.2) is 8.42 Å². The Morgan fingerprint density at radius 3 is 2.64 bits per heavy atom. The first-order chi connectivity index (χ1) is 13.5. The van der Waals surface area contributed by atoms with E-state index in [9.17, 15) is 8.42 Å². The topological polar surface area (TPSA) is 77.0 Å². The summed E-state index contributed by atoms with van der Waals surface area (Å²) in [7, 11) is 0.265. The van der Waals surface area contributed by atoms with E-state index in [0.29, 0.717) is 35.7 Å². The maximum Gasteiger partial charge on any atom is 0.243 e. The van der Waals surface area contributed by atoms with Crippen LogP contribution in [-0.2, 0) is 16.6 Å². The SMILES string of the molecule is CN=C(NCc1ccccc1S(=O)(=O)N1CCN(C)CC1)NCC1CCCS1. The smallest absolute Gasteiger partial charge is 0.243 e. The molecule has 0 aliphatic carbocycles. The number of piperazine rings is 1. The number of sulfonamides is 1. The monoisotopic (exact) mass is 425 g/mol. The average molecular weight is 426 g/mol. The predicted octanol–water partition coefficient (Wildman–Crippen LogP) is 1.18. The van der Waals surface area contributed by atoms with Crippen LogP contribution in [0.15, 0.2) is 34.2 Å². The fourth-order valence-corrected chi connectivity index (χ4v) is 6.33. The van der Waals surface area contributed by atoms with Gasteiger partial charge in [0.15, 0.2) is 5.96 Å². The molecule has 28 heavy (non-hydrogen) atoms. The molecule has 2 aliphatic heterocycles. The second kappa shape index (κ2) is 9.96. The molecule has 2 N–H and O–H groups in total. The Morgan fingerprint density at radius 1 is 1.21 bits per heavy atom. The summed E-state index contributed by atoms with van der Waals surface area (Å²) in [5.41, 5.74) is 0.764. The molecular weight excluding hydrogens is 394 g/mol. The lowest BCUT2D eigenvalue weighted by atomic mass is 10.2. The molecule has 0 saturated carbocycles. The van der Waals surface area contributed by atoms with Gasteiger partial charge in [0.05, 0.1) is 4.90 Å². The molecule has 2 heterocycles. The van der Waals surface area contributed by atoms with Crippen molar-refractivity contribution >= 4 is 27.7 Å². The number of aliphatic imine (C=N–C) groups is 1. The molecule has 0 amide bonds. The molecule has 3 rings (SSSR count). The van der Waals surface area contributed by atoms with E-state index >= 15 is 0 Å². The molecule has 1 atom stereocenters. The zero-order valence-electron chi connectivity index (χ0n) is 16.7. The molecule has 0 aromatic heterocycles. The highest BCUT2D eigenvalue weighted by atomic mass is 32.2. The molecule has 9 heteroatoms. The Balaban J connectivity index is 1.64. The molecule has 2 fully saturated rings. The van der Waals surface area contributed by atoms with Gasteiger partial charge in [0.2, 0.25) is 10.0 Å². The predicted molar refractivity (Wildman–Crippen MR) is 116 cm³/mol. The van der Waals surface area contributed by atoms with Crippen molar-refractivity contribution in [3.63, 3.8) is 0 Å². The molecule has 0 radical (unpaired) electrons. The third-order valence-corrected chi connectivity index (χ3v) is 8.64. The highest BCUT2D eigenvalue weighted by Gasteiger charge is 2.29. The number of thioether (sulfide) groups is 1. The highest BCUT2D eigenvalue weighted by Crippen LogP contribution is 2.25. The Kier molecular flexibility index (Phi) is 7.62. The van der Waals surface area contributed by atoms with Crippen LogP contribution in [0.2, 0.25) is 0 Å². The molecule has 0 spiro atoms. The highest BCUT2D eigenvalue weighted by molar-refractivity contribution is 8.00. The first-order valence-electron chi connectivity index (χ1n) is 9.83. The van der Waals surface area contributed by atoms with Crippen molar-refractivity contribution < 1.29 is 8.42 Å². The van der Waals surface area contributed by atoms with E-state index in [0.717, 1.165) is 25.2 Å². The van der Waals surface area contributed by atoms with Gasteiger partial charge in [-0.15, -0.1) is 0 Å². The number of rotatable bonds is 6. The summed E-state index contributed by atoms with van der Waals surface area (Å²) in [5, 5.41) is 7.26. The molecule has 156 valence electrons. The molecule has 1 aromatic rings. The molecular formula is C19H31N5O2S2. The van der Waals surface area contributed by atoms with Crippen LogP contribution in [0.1, 0.15) is 18.4 Å². The summed E-state index contributed by atoms with van der Waals surface area (Å²) in [6, 6.07) is 7.24. The number of guanidine groups is 1. The van der Waals surface area contributed by atoms with E-state index in [4.69, 9.17) is 0 Å². The summed E-state index contributed by atoms with van der Waals surface area (Å²) in [4.78, 5) is 6.81. The van der Waals surface area contributed by atoms with E-state index < -0.39 is 10.0 Å². The molecule has 2 saturated heterocycles. The fourth-order valence-electron chi connectivity index (χ4n) is 3.48. The minimum absolute atomic E-state index is 0.383. The van der Waals surface area contributed by atoms with Crippen LogP contribution in [0.4, 0.5) is 0 Å². The first kappa shape index (κ1) is 21.4. The normalized spacial score (nSPS) is 22.4. The number of nitrogens with one attached hydrogen (secondary N) is 2. The van der Waals surface area contributed by atoms with Crippen molar-refractivity contribution in [1.82, 2.24) is 19.8 Å². The van der Waals surface area contributed by atoms with Crippen LogP contribution < -0.4 is 10.6 Å². The van der Waals surface area contributed by atoms with E-state index in [-0.39, 0.29) is 0 Å². The molecule has 1 aromatic carbocycles. The lowest BCUT2D eigenvalue weighted by molar-refractivity contribution is 0.222.